The van der Waals surface area contributed by atoms with Crippen molar-refractivity contribution in [2.24, 2.45) is 0 Å². The van der Waals surface area contributed by atoms with Crippen LogP contribution >= 0.6 is 0 Å². The van der Waals surface area contributed by atoms with Gasteiger partial charge in [0.15, 0.2) is 0 Å². The molecule has 1 aromatic carbocycles. The minimum absolute atomic E-state index is 0.217. The van der Waals surface area contributed by atoms with E-state index in [1.165, 1.54) is 6.07 Å². The third-order valence-electron chi connectivity index (χ3n) is 3.11. The average Bonchev–Trinajstić information content (AvgIpc) is 2.93. The van der Waals surface area contributed by atoms with E-state index in [1.807, 2.05) is 17.0 Å². The zero-order valence-electron chi connectivity index (χ0n) is 9.93. The fraction of sp³-hybridized carbons (Fsp3) is 0.286. The molecule has 1 aliphatic heterocycles. The van der Waals surface area contributed by atoms with E-state index in [-0.39, 0.29) is 5.82 Å². The molecule has 2 heterocycles. The Bertz CT molecular complexity index is 519. The number of halogens is 1. The number of morpholine rings is 1. The first-order valence-electron chi connectivity index (χ1n) is 6.01. The lowest BCUT2D eigenvalue weighted by molar-refractivity contribution is 0.122. The Morgan fingerprint density at radius 1 is 1.11 bits per heavy atom. The molecule has 0 bridgehead atoms. The average molecular weight is 247 g/mol. The summed E-state index contributed by atoms with van der Waals surface area (Å²) in [5, 5.41) is 0. The number of anilines is 1. The van der Waals surface area contributed by atoms with Gasteiger partial charge in [0, 0.05) is 18.7 Å². The Morgan fingerprint density at radius 3 is 2.61 bits per heavy atom. The molecule has 4 heteroatoms. The molecule has 2 aromatic rings. The van der Waals surface area contributed by atoms with Crippen LogP contribution in [-0.4, -0.2) is 26.3 Å². The first-order valence-corrected chi connectivity index (χ1v) is 6.01. The van der Waals surface area contributed by atoms with Crippen molar-refractivity contribution in [3.8, 4) is 11.3 Å². The number of hydrogen-bond donors (Lipinski definition) is 0. The number of furan rings is 1. The van der Waals surface area contributed by atoms with Crippen molar-refractivity contribution in [3.63, 3.8) is 0 Å². The minimum Gasteiger partial charge on any atom is -0.464 e. The lowest BCUT2D eigenvalue weighted by Crippen LogP contribution is -2.36. The maximum absolute atomic E-state index is 14.1. The first kappa shape index (κ1) is 11.3. The van der Waals surface area contributed by atoms with E-state index in [9.17, 15) is 4.39 Å². The fourth-order valence-corrected chi connectivity index (χ4v) is 2.16. The maximum Gasteiger partial charge on any atom is 0.147 e. The second kappa shape index (κ2) is 4.82. The Kier molecular flexibility index (Phi) is 3.02. The zero-order chi connectivity index (χ0) is 12.4. The summed E-state index contributed by atoms with van der Waals surface area (Å²) in [6.07, 6.45) is 1.59. The summed E-state index contributed by atoms with van der Waals surface area (Å²) in [6, 6.07) is 8.82. The molecule has 3 rings (SSSR count). The largest absolute Gasteiger partial charge is 0.464 e. The van der Waals surface area contributed by atoms with Crippen molar-refractivity contribution < 1.29 is 13.5 Å². The topological polar surface area (TPSA) is 25.6 Å². The molecule has 94 valence electrons. The smallest absolute Gasteiger partial charge is 0.147 e. The van der Waals surface area contributed by atoms with Gasteiger partial charge in [-0.15, -0.1) is 0 Å². The fourth-order valence-electron chi connectivity index (χ4n) is 2.16. The first-order chi connectivity index (χ1) is 8.84. The molecule has 1 aromatic heterocycles. The van der Waals surface area contributed by atoms with Crippen LogP contribution < -0.4 is 4.90 Å². The quantitative estimate of drug-likeness (QED) is 0.816. The third kappa shape index (κ3) is 2.11. The number of benzene rings is 1. The highest BCUT2D eigenvalue weighted by molar-refractivity contribution is 5.62. The zero-order valence-corrected chi connectivity index (χ0v) is 9.93. The van der Waals surface area contributed by atoms with E-state index in [2.05, 4.69) is 0 Å². The van der Waals surface area contributed by atoms with Gasteiger partial charge in [0.25, 0.3) is 0 Å². The van der Waals surface area contributed by atoms with E-state index in [0.29, 0.717) is 24.7 Å². The normalized spacial score (nSPS) is 15.9. The summed E-state index contributed by atoms with van der Waals surface area (Å²) in [5.41, 5.74) is 1.39. The molecule has 0 N–H and O–H groups in total. The van der Waals surface area contributed by atoms with Crippen molar-refractivity contribution in [1.29, 1.82) is 0 Å². The Morgan fingerprint density at radius 2 is 1.94 bits per heavy atom. The summed E-state index contributed by atoms with van der Waals surface area (Å²) in [4.78, 5) is 2.00. The van der Waals surface area contributed by atoms with E-state index < -0.39 is 0 Å². The summed E-state index contributed by atoms with van der Waals surface area (Å²) >= 11 is 0. The monoisotopic (exact) mass is 247 g/mol. The van der Waals surface area contributed by atoms with Crippen molar-refractivity contribution in [1.82, 2.24) is 0 Å². The summed E-state index contributed by atoms with van der Waals surface area (Å²) < 4.78 is 24.6. The van der Waals surface area contributed by atoms with Crippen molar-refractivity contribution in [3.05, 3.63) is 42.4 Å². The van der Waals surface area contributed by atoms with Gasteiger partial charge >= 0.3 is 0 Å². The second-order valence-corrected chi connectivity index (χ2v) is 4.24. The Labute approximate surface area is 105 Å². The van der Waals surface area contributed by atoms with Gasteiger partial charge in [-0.3, -0.25) is 0 Å². The molecule has 0 saturated carbocycles. The van der Waals surface area contributed by atoms with Gasteiger partial charge in [-0.05, 0) is 30.3 Å². The van der Waals surface area contributed by atoms with Gasteiger partial charge in [0.1, 0.15) is 11.6 Å². The third-order valence-corrected chi connectivity index (χ3v) is 3.11. The predicted octanol–water partition coefficient (Wildman–Crippen LogP) is 2.92. The van der Waals surface area contributed by atoms with E-state index in [0.717, 1.165) is 18.7 Å². The Balaban J connectivity index is 1.89. The highest BCUT2D eigenvalue weighted by Crippen LogP contribution is 2.27. The standard InChI is InChI=1S/C14H14FNO2/c15-12-10-11(14-2-1-7-18-14)3-4-13(12)16-5-8-17-9-6-16/h1-4,7,10H,5-6,8-9H2. The van der Waals surface area contributed by atoms with E-state index in [4.69, 9.17) is 9.15 Å². The molecule has 1 aliphatic rings. The molecule has 3 nitrogen and oxygen atoms in total. The van der Waals surface area contributed by atoms with Crippen LogP contribution in [0.5, 0.6) is 0 Å². The highest BCUT2D eigenvalue weighted by atomic mass is 19.1. The lowest BCUT2D eigenvalue weighted by Gasteiger charge is -2.29. The number of rotatable bonds is 2. The van der Waals surface area contributed by atoms with Gasteiger partial charge in [-0.2, -0.15) is 0 Å². The molecule has 0 atom stereocenters. The number of nitrogens with zero attached hydrogens (tertiary/aromatic N) is 1. The van der Waals surface area contributed by atoms with Crippen LogP contribution in [-0.2, 0) is 4.74 Å². The van der Waals surface area contributed by atoms with Crippen LogP contribution in [0.25, 0.3) is 11.3 Å². The maximum atomic E-state index is 14.1. The highest BCUT2D eigenvalue weighted by Gasteiger charge is 2.15. The molecule has 18 heavy (non-hydrogen) atoms. The van der Waals surface area contributed by atoms with Crippen LogP contribution in [0.15, 0.2) is 41.0 Å². The predicted molar refractivity (Wildman–Crippen MR) is 67.1 cm³/mol. The van der Waals surface area contributed by atoms with Gasteiger partial charge in [0.05, 0.1) is 25.2 Å². The van der Waals surface area contributed by atoms with Crippen LogP contribution in [0.4, 0.5) is 10.1 Å². The van der Waals surface area contributed by atoms with Crippen LogP contribution in [0, 0.1) is 5.82 Å². The molecular formula is C14H14FNO2. The summed E-state index contributed by atoms with van der Waals surface area (Å²) in [5.74, 6) is 0.466. The lowest BCUT2D eigenvalue weighted by atomic mass is 10.1. The van der Waals surface area contributed by atoms with Gasteiger partial charge in [-0.25, -0.2) is 4.39 Å². The van der Waals surface area contributed by atoms with Crippen LogP contribution in [0.3, 0.4) is 0 Å². The van der Waals surface area contributed by atoms with E-state index >= 15 is 0 Å². The molecule has 0 aliphatic carbocycles. The van der Waals surface area contributed by atoms with Crippen molar-refractivity contribution >= 4 is 5.69 Å². The molecule has 0 unspecified atom stereocenters. The van der Waals surface area contributed by atoms with E-state index in [1.54, 1.807) is 18.4 Å². The van der Waals surface area contributed by atoms with Crippen molar-refractivity contribution in [2.75, 3.05) is 31.2 Å². The molecule has 1 fully saturated rings. The number of hydrogen-bond acceptors (Lipinski definition) is 3. The summed E-state index contributed by atoms with van der Waals surface area (Å²) in [7, 11) is 0. The van der Waals surface area contributed by atoms with Gasteiger partial charge < -0.3 is 14.1 Å². The molecule has 0 radical (unpaired) electrons. The van der Waals surface area contributed by atoms with Crippen LogP contribution in [0.1, 0.15) is 0 Å². The Hall–Kier alpha value is -1.81. The molecule has 0 amide bonds. The second-order valence-electron chi connectivity index (χ2n) is 4.24. The minimum atomic E-state index is -0.217. The molecule has 0 spiro atoms. The SMILES string of the molecule is Fc1cc(-c2ccco2)ccc1N1CCOCC1. The van der Waals surface area contributed by atoms with Crippen molar-refractivity contribution in [2.45, 2.75) is 0 Å². The molecular weight excluding hydrogens is 233 g/mol. The number of ether oxygens (including phenoxy) is 1. The van der Waals surface area contributed by atoms with Gasteiger partial charge in [-0.1, -0.05) is 0 Å². The van der Waals surface area contributed by atoms with Gasteiger partial charge in [0.2, 0.25) is 0 Å². The van der Waals surface area contributed by atoms with Crippen LogP contribution in [0.2, 0.25) is 0 Å². The molecule has 1 saturated heterocycles. The summed E-state index contributed by atoms with van der Waals surface area (Å²) in [6.45, 7) is 2.77.